The van der Waals surface area contributed by atoms with E-state index in [1.165, 1.54) is 24.3 Å². The van der Waals surface area contributed by atoms with Gasteiger partial charge in [0.25, 0.3) is 0 Å². The Labute approximate surface area is 180 Å². The van der Waals surface area contributed by atoms with E-state index in [1.54, 1.807) is 0 Å². The van der Waals surface area contributed by atoms with Crippen LogP contribution in [0, 0.1) is 0 Å². The van der Waals surface area contributed by atoms with Crippen molar-refractivity contribution in [1.29, 1.82) is 0 Å². The van der Waals surface area contributed by atoms with E-state index in [0.29, 0.717) is 0 Å². The van der Waals surface area contributed by atoms with E-state index in [1.807, 2.05) is 0 Å². The zero-order chi connectivity index (χ0) is 22.0. The molecule has 0 aliphatic heterocycles. The quantitative estimate of drug-likeness (QED) is 0.333. The van der Waals surface area contributed by atoms with Gasteiger partial charge in [0, 0.05) is 8.96 Å². The number of hydrogen-bond donors (Lipinski definition) is 0. The summed E-state index contributed by atoms with van der Waals surface area (Å²) in [5.41, 5.74) is -1.50. The number of hydrogen-bond acceptors (Lipinski definition) is 1. The second-order valence-corrected chi connectivity index (χ2v) is 8.07. The molecule has 0 heterocycles. The fourth-order valence-corrected chi connectivity index (χ4v) is 3.30. The van der Waals surface area contributed by atoms with Gasteiger partial charge < -0.3 is 4.74 Å². The molecule has 156 valence electrons. The molecular weight excluding hydrogens is 530 g/mol. The van der Waals surface area contributed by atoms with Crippen LogP contribution in [-0.4, -0.2) is 0 Å². The summed E-state index contributed by atoms with van der Waals surface area (Å²) in [4.78, 5) is 0. The first-order chi connectivity index (χ1) is 13.3. The van der Waals surface area contributed by atoms with Crippen LogP contribution in [0.3, 0.4) is 0 Å². The third-order valence-electron chi connectivity index (χ3n) is 3.87. The van der Waals surface area contributed by atoms with E-state index in [4.69, 9.17) is 4.74 Å². The molecule has 0 N–H and O–H groups in total. The monoisotopic (exact) mass is 542 g/mol. The number of alkyl halides is 6. The molecule has 9 heteroatoms. The minimum atomic E-state index is -4.56. The van der Waals surface area contributed by atoms with Crippen molar-refractivity contribution in [1.82, 2.24) is 0 Å². The molecule has 2 aromatic carbocycles. The summed E-state index contributed by atoms with van der Waals surface area (Å²) >= 11 is 6.25. The third-order valence-corrected chi connectivity index (χ3v) is 4.71. The number of ether oxygens (including phenoxy) is 1. The van der Waals surface area contributed by atoms with Crippen LogP contribution in [0.5, 0.6) is 0 Å². The van der Waals surface area contributed by atoms with Gasteiger partial charge in [-0.25, -0.2) is 0 Å². The Hall–Kier alpha value is -1.58. The predicted octanol–water partition coefficient (Wildman–Crippen LogP) is 8.34. The summed E-state index contributed by atoms with van der Waals surface area (Å²) in [6.45, 7) is 7.34. The molecule has 0 aliphatic rings. The van der Waals surface area contributed by atoms with Crippen molar-refractivity contribution in [2.75, 3.05) is 0 Å². The lowest BCUT2D eigenvalue weighted by Gasteiger charge is -2.26. The smallest absolute Gasteiger partial charge is 0.355 e. The van der Waals surface area contributed by atoms with Crippen LogP contribution in [0.4, 0.5) is 26.3 Å². The van der Waals surface area contributed by atoms with E-state index in [0.717, 1.165) is 24.3 Å². The first-order valence-electron chi connectivity index (χ1n) is 7.99. The van der Waals surface area contributed by atoms with Crippen LogP contribution in [0.25, 0.3) is 0 Å². The van der Waals surface area contributed by atoms with E-state index < -0.39 is 35.7 Å². The molecule has 2 unspecified atom stereocenters. The lowest BCUT2D eigenvalue weighted by Crippen LogP contribution is -2.13. The Bertz CT molecular complexity index is 831. The van der Waals surface area contributed by atoms with E-state index in [9.17, 15) is 26.3 Å². The molecule has 0 amide bonds. The Morgan fingerprint density at radius 3 is 1.34 bits per heavy atom. The van der Waals surface area contributed by atoms with Crippen LogP contribution >= 0.6 is 31.9 Å². The lowest BCUT2D eigenvalue weighted by molar-refractivity contribution is -0.138. The van der Waals surface area contributed by atoms with E-state index in [2.05, 4.69) is 45.0 Å². The standard InChI is InChI=1S/C20H14Br2F6O/c1-11(21)17(13-5-3-7-15(9-13)19(23,24)25)29-18(12(2)22)14-6-4-8-16(10-14)20(26,27)28/h3-10,17-18H,1-2H2. The predicted molar refractivity (Wildman–Crippen MR) is 106 cm³/mol. The van der Waals surface area contributed by atoms with Gasteiger partial charge in [-0.2, -0.15) is 26.3 Å². The largest absolute Gasteiger partial charge is 0.416 e. The number of rotatable bonds is 6. The Morgan fingerprint density at radius 1 is 0.724 bits per heavy atom. The van der Waals surface area contributed by atoms with E-state index in [-0.39, 0.29) is 20.1 Å². The zero-order valence-electron chi connectivity index (χ0n) is 14.6. The molecule has 0 aliphatic carbocycles. The normalized spacial score (nSPS) is 14.3. The highest BCUT2D eigenvalue weighted by atomic mass is 79.9. The molecular formula is C20H14Br2F6O. The molecule has 2 atom stereocenters. The molecule has 1 nitrogen and oxygen atoms in total. The van der Waals surface area contributed by atoms with Gasteiger partial charge in [0.05, 0.1) is 11.1 Å². The van der Waals surface area contributed by atoms with Crippen molar-refractivity contribution in [3.63, 3.8) is 0 Å². The van der Waals surface area contributed by atoms with Crippen LogP contribution in [0.15, 0.2) is 70.7 Å². The van der Waals surface area contributed by atoms with Crippen molar-refractivity contribution in [3.05, 3.63) is 92.9 Å². The van der Waals surface area contributed by atoms with Crippen LogP contribution in [0.2, 0.25) is 0 Å². The van der Waals surface area contributed by atoms with Gasteiger partial charge in [-0.1, -0.05) is 69.3 Å². The minimum absolute atomic E-state index is 0.132. The maximum atomic E-state index is 13.0. The van der Waals surface area contributed by atoms with Crippen LogP contribution in [0.1, 0.15) is 34.5 Å². The third kappa shape index (κ3) is 6.20. The maximum Gasteiger partial charge on any atom is 0.416 e. The summed E-state index contributed by atoms with van der Waals surface area (Å²) in [6, 6.07) is 8.86. The minimum Gasteiger partial charge on any atom is -0.355 e. The summed E-state index contributed by atoms with van der Waals surface area (Å²) in [6.07, 6.45) is -11.3. The Kier molecular flexibility index (Phi) is 7.40. The highest BCUT2D eigenvalue weighted by Crippen LogP contribution is 2.41. The molecule has 0 radical (unpaired) electrons. The average molecular weight is 544 g/mol. The molecule has 0 spiro atoms. The Morgan fingerprint density at radius 2 is 1.07 bits per heavy atom. The summed E-state index contributed by atoms with van der Waals surface area (Å²) < 4.78 is 84.5. The number of halogens is 8. The Balaban J connectivity index is 2.44. The molecule has 0 saturated heterocycles. The highest BCUT2D eigenvalue weighted by Gasteiger charge is 2.33. The molecule has 0 aromatic heterocycles. The van der Waals surface area contributed by atoms with Crippen molar-refractivity contribution in [2.24, 2.45) is 0 Å². The number of benzene rings is 2. The first-order valence-corrected chi connectivity index (χ1v) is 9.57. The topological polar surface area (TPSA) is 9.23 Å². The van der Waals surface area contributed by atoms with Gasteiger partial charge in [0.15, 0.2) is 0 Å². The summed E-state index contributed by atoms with van der Waals surface area (Å²) in [7, 11) is 0. The van der Waals surface area contributed by atoms with Crippen molar-refractivity contribution < 1.29 is 31.1 Å². The zero-order valence-corrected chi connectivity index (χ0v) is 17.8. The van der Waals surface area contributed by atoms with Gasteiger partial charge in [-0.15, -0.1) is 0 Å². The molecule has 2 rings (SSSR count). The fourth-order valence-electron chi connectivity index (χ4n) is 2.56. The summed E-state index contributed by atoms with van der Waals surface area (Å²) in [5, 5.41) is 0. The van der Waals surface area contributed by atoms with Crippen molar-refractivity contribution in [3.8, 4) is 0 Å². The van der Waals surface area contributed by atoms with Crippen LogP contribution < -0.4 is 0 Å². The van der Waals surface area contributed by atoms with Crippen molar-refractivity contribution in [2.45, 2.75) is 24.6 Å². The SMILES string of the molecule is C=C(Br)C(OC(C(=C)Br)c1cccc(C(F)(F)F)c1)c1cccc(C(F)(F)F)c1. The molecule has 29 heavy (non-hydrogen) atoms. The average Bonchev–Trinajstić information content (AvgIpc) is 2.60. The van der Waals surface area contributed by atoms with Gasteiger partial charge in [-0.3, -0.25) is 0 Å². The molecule has 2 aromatic rings. The van der Waals surface area contributed by atoms with Gasteiger partial charge >= 0.3 is 12.4 Å². The second kappa shape index (κ2) is 9.06. The van der Waals surface area contributed by atoms with Gasteiger partial charge in [0.2, 0.25) is 0 Å². The second-order valence-electron chi connectivity index (χ2n) is 6.04. The lowest BCUT2D eigenvalue weighted by atomic mass is 10.0. The van der Waals surface area contributed by atoms with E-state index >= 15 is 0 Å². The fraction of sp³-hybridized carbons (Fsp3) is 0.200. The molecule has 0 bridgehead atoms. The van der Waals surface area contributed by atoms with Crippen LogP contribution in [-0.2, 0) is 17.1 Å². The molecule has 0 saturated carbocycles. The van der Waals surface area contributed by atoms with Gasteiger partial charge in [-0.05, 0) is 35.4 Å². The molecule has 0 fully saturated rings. The maximum absolute atomic E-state index is 13.0. The first kappa shape index (κ1) is 23.7. The highest BCUT2D eigenvalue weighted by molar-refractivity contribution is 9.12. The summed E-state index contributed by atoms with van der Waals surface area (Å²) in [5.74, 6) is 0. The van der Waals surface area contributed by atoms with Crippen molar-refractivity contribution >= 4 is 31.9 Å². The van der Waals surface area contributed by atoms with Gasteiger partial charge in [0.1, 0.15) is 12.2 Å².